The van der Waals surface area contributed by atoms with Gasteiger partial charge in [0.1, 0.15) is 0 Å². The lowest BCUT2D eigenvalue weighted by atomic mass is 9.91. The molecule has 0 N–H and O–H groups in total. The van der Waals surface area contributed by atoms with Gasteiger partial charge >= 0.3 is 0 Å². The molecule has 1 atom stereocenters. The molecule has 3 fully saturated rings. The molecule has 0 amide bonds. The summed E-state index contributed by atoms with van der Waals surface area (Å²) in [5.74, 6) is 0. The highest BCUT2D eigenvalue weighted by atomic mass is 15.4. The molecule has 1 aliphatic carbocycles. The molecule has 1 aromatic heterocycles. The molecule has 2 bridgehead atoms. The Balaban J connectivity index is 1.60. The molecule has 0 unspecified atom stereocenters. The lowest BCUT2D eigenvalue weighted by Gasteiger charge is -2.39. The van der Waals surface area contributed by atoms with Crippen LogP contribution in [-0.4, -0.2) is 34.8 Å². The highest BCUT2D eigenvalue weighted by Crippen LogP contribution is 2.41. The molecule has 3 aliphatic rings. The molecule has 3 heterocycles. The Bertz CT molecular complexity index is 1250. The summed E-state index contributed by atoms with van der Waals surface area (Å²) in [7, 11) is 2.32. The summed E-state index contributed by atoms with van der Waals surface area (Å²) in [6.07, 6.45) is 5.71. The van der Waals surface area contributed by atoms with Gasteiger partial charge < -0.3 is 9.47 Å². The molecule has 158 valence electrons. The minimum Gasteiger partial charge on any atom is -0.353 e. The van der Waals surface area contributed by atoms with Crippen LogP contribution < -0.4 is 4.90 Å². The van der Waals surface area contributed by atoms with E-state index in [1.807, 2.05) is 0 Å². The first-order valence-corrected chi connectivity index (χ1v) is 11.7. The van der Waals surface area contributed by atoms with E-state index >= 15 is 0 Å². The van der Waals surface area contributed by atoms with Crippen molar-refractivity contribution in [2.24, 2.45) is 0 Å². The van der Waals surface area contributed by atoms with E-state index in [4.69, 9.17) is 0 Å². The van der Waals surface area contributed by atoms with Crippen LogP contribution in [0, 0.1) is 6.92 Å². The van der Waals surface area contributed by atoms with E-state index in [-0.39, 0.29) is 0 Å². The second-order valence-electron chi connectivity index (χ2n) is 9.51. The minimum atomic E-state index is 0.429. The number of anilines is 1. The number of fused-ring (bicyclic) bond motifs is 7. The van der Waals surface area contributed by atoms with E-state index in [0.717, 1.165) is 6.04 Å². The Morgan fingerprint density at radius 2 is 1.42 bits per heavy atom. The molecule has 3 heteroatoms. The number of benzene rings is 3. The molecule has 7 rings (SSSR count). The first kappa shape index (κ1) is 18.9. The predicted octanol–water partition coefficient (Wildman–Crippen LogP) is 6.50. The Morgan fingerprint density at radius 1 is 0.742 bits per heavy atom. The van der Waals surface area contributed by atoms with Gasteiger partial charge in [-0.15, -0.1) is 0 Å². The number of hydrogen-bond acceptors (Lipinski definition) is 2. The van der Waals surface area contributed by atoms with E-state index < -0.39 is 0 Å². The average Bonchev–Trinajstić information content (AvgIpc) is 3.01. The Morgan fingerprint density at radius 3 is 2.19 bits per heavy atom. The number of nitrogens with zero attached hydrogens (tertiary/aromatic N) is 3. The number of para-hydroxylation sites is 2. The first-order chi connectivity index (χ1) is 15.1. The average molecular weight is 410 g/mol. The van der Waals surface area contributed by atoms with Crippen LogP contribution in [0.1, 0.15) is 38.2 Å². The standard InChI is InChI=1S/C28H31N3/c1-19-17-28-25(18-27(19)30-20(2)29(3)21-13-15-23(30)16-14-21)24-11-7-8-12-26(24)31(28)22-9-5-4-6-10-22/h4-12,17-18,20-21,23H,13-16H2,1-3H3/t20-,21?,23?/m0/s1. The van der Waals surface area contributed by atoms with Crippen molar-refractivity contribution in [3.05, 3.63) is 72.3 Å². The van der Waals surface area contributed by atoms with Crippen molar-refractivity contribution in [2.45, 2.75) is 57.8 Å². The van der Waals surface area contributed by atoms with Gasteiger partial charge in [-0.2, -0.15) is 0 Å². The van der Waals surface area contributed by atoms with Gasteiger partial charge in [0, 0.05) is 34.2 Å². The largest absolute Gasteiger partial charge is 0.353 e. The molecule has 3 nitrogen and oxygen atoms in total. The molecule has 4 aromatic rings. The summed E-state index contributed by atoms with van der Waals surface area (Å²) in [6, 6.07) is 25.9. The molecule has 2 saturated heterocycles. The quantitative estimate of drug-likeness (QED) is 0.374. The summed E-state index contributed by atoms with van der Waals surface area (Å²) >= 11 is 0. The topological polar surface area (TPSA) is 11.4 Å². The third-order valence-electron chi connectivity index (χ3n) is 7.91. The molecule has 31 heavy (non-hydrogen) atoms. The van der Waals surface area contributed by atoms with E-state index in [1.54, 1.807) is 0 Å². The highest BCUT2D eigenvalue weighted by Gasteiger charge is 2.38. The van der Waals surface area contributed by atoms with Crippen LogP contribution >= 0.6 is 0 Å². The normalized spacial score (nSPS) is 24.2. The highest BCUT2D eigenvalue weighted by molar-refractivity contribution is 6.10. The third-order valence-corrected chi connectivity index (χ3v) is 7.91. The van der Waals surface area contributed by atoms with Crippen LogP contribution in [-0.2, 0) is 0 Å². The zero-order valence-corrected chi connectivity index (χ0v) is 18.8. The van der Waals surface area contributed by atoms with Gasteiger partial charge in [0.15, 0.2) is 0 Å². The molecule has 1 saturated carbocycles. The fourth-order valence-corrected chi connectivity index (χ4v) is 6.19. The van der Waals surface area contributed by atoms with Gasteiger partial charge in [-0.05, 0) is 82.5 Å². The fraction of sp³-hybridized carbons (Fsp3) is 0.357. The van der Waals surface area contributed by atoms with Crippen molar-refractivity contribution in [3.8, 4) is 5.69 Å². The van der Waals surface area contributed by atoms with Crippen molar-refractivity contribution >= 4 is 27.5 Å². The second kappa shape index (κ2) is 7.13. The number of rotatable bonds is 2. The van der Waals surface area contributed by atoms with Crippen molar-refractivity contribution < 1.29 is 0 Å². The lowest BCUT2D eigenvalue weighted by Crippen LogP contribution is -2.47. The Hall–Kier alpha value is -2.78. The molecular weight excluding hydrogens is 378 g/mol. The van der Waals surface area contributed by atoms with Gasteiger partial charge in [-0.25, -0.2) is 0 Å². The van der Waals surface area contributed by atoms with Crippen molar-refractivity contribution in [2.75, 3.05) is 11.9 Å². The number of aryl methyl sites for hydroxylation is 1. The summed E-state index contributed by atoms with van der Waals surface area (Å²) in [6.45, 7) is 4.69. The van der Waals surface area contributed by atoms with E-state index in [2.05, 4.69) is 102 Å². The van der Waals surface area contributed by atoms with Gasteiger partial charge in [0.05, 0.1) is 17.2 Å². The van der Waals surface area contributed by atoms with Crippen molar-refractivity contribution in [3.63, 3.8) is 0 Å². The van der Waals surface area contributed by atoms with Crippen LogP contribution in [0.25, 0.3) is 27.5 Å². The van der Waals surface area contributed by atoms with Crippen molar-refractivity contribution in [1.29, 1.82) is 0 Å². The number of hydrogen-bond donors (Lipinski definition) is 0. The van der Waals surface area contributed by atoms with Gasteiger partial charge in [0.2, 0.25) is 0 Å². The smallest absolute Gasteiger partial charge is 0.0795 e. The fourth-order valence-electron chi connectivity index (χ4n) is 6.19. The van der Waals surface area contributed by atoms with Gasteiger partial charge in [0.25, 0.3) is 0 Å². The van der Waals surface area contributed by atoms with E-state index in [0.29, 0.717) is 12.2 Å². The maximum atomic E-state index is 2.73. The molecule has 2 aliphatic heterocycles. The molecule has 0 spiro atoms. The van der Waals surface area contributed by atoms with E-state index in [9.17, 15) is 0 Å². The molecule has 0 radical (unpaired) electrons. The van der Waals surface area contributed by atoms with Gasteiger partial charge in [-0.1, -0.05) is 36.4 Å². The van der Waals surface area contributed by atoms with Gasteiger partial charge in [-0.3, -0.25) is 4.90 Å². The van der Waals surface area contributed by atoms with Crippen LogP contribution in [0.15, 0.2) is 66.7 Å². The molecular formula is C28H31N3. The van der Waals surface area contributed by atoms with E-state index in [1.165, 1.54) is 64.4 Å². The third kappa shape index (κ3) is 2.83. The zero-order valence-electron chi connectivity index (χ0n) is 18.8. The zero-order chi connectivity index (χ0) is 21.1. The maximum Gasteiger partial charge on any atom is 0.0795 e. The predicted molar refractivity (Wildman–Crippen MR) is 131 cm³/mol. The van der Waals surface area contributed by atoms with Crippen LogP contribution in [0.5, 0.6) is 0 Å². The monoisotopic (exact) mass is 409 g/mol. The Labute approximate surface area is 184 Å². The maximum absolute atomic E-state index is 2.73. The summed E-state index contributed by atoms with van der Waals surface area (Å²) in [4.78, 5) is 5.35. The van der Waals surface area contributed by atoms with Crippen LogP contribution in [0.3, 0.4) is 0 Å². The lowest BCUT2D eigenvalue weighted by molar-refractivity contribution is 0.184. The van der Waals surface area contributed by atoms with Crippen LogP contribution in [0.2, 0.25) is 0 Å². The Kier molecular flexibility index (Phi) is 4.36. The first-order valence-electron chi connectivity index (χ1n) is 11.7. The molecule has 3 aromatic carbocycles. The second-order valence-corrected chi connectivity index (χ2v) is 9.51. The van der Waals surface area contributed by atoms with Crippen LogP contribution in [0.4, 0.5) is 5.69 Å². The summed E-state index contributed by atoms with van der Waals surface area (Å²) < 4.78 is 2.42. The summed E-state index contributed by atoms with van der Waals surface area (Å²) in [5.41, 5.74) is 6.59. The summed E-state index contributed by atoms with van der Waals surface area (Å²) in [5, 5.41) is 2.69. The van der Waals surface area contributed by atoms with Crippen molar-refractivity contribution in [1.82, 2.24) is 9.47 Å². The minimum absolute atomic E-state index is 0.429. The number of aromatic nitrogens is 1. The SMILES string of the molecule is Cc1cc2c(cc1N1C3CCC(CC3)N(C)[C@@H]1C)c1ccccc1n2-c1ccccc1.